The summed E-state index contributed by atoms with van der Waals surface area (Å²) in [6.07, 6.45) is -5.01. The van der Waals surface area contributed by atoms with Gasteiger partial charge in [0.2, 0.25) is 17.6 Å². The second-order valence-corrected chi connectivity index (χ2v) is 10.2. The van der Waals surface area contributed by atoms with Crippen LogP contribution in [0.3, 0.4) is 0 Å². The molecule has 0 aliphatic carbocycles. The third-order valence-electron chi connectivity index (χ3n) is 7.08. The van der Waals surface area contributed by atoms with Gasteiger partial charge in [0.05, 0.1) is 12.2 Å². The molecule has 1 fully saturated rings. The van der Waals surface area contributed by atoms with Crippen molar-refractivity contribution in [3.8, 4) is 0 Å². The van der Waals surface area contributed by atoms with Crippen molar-refractivity contribution in [1.82, 2.24) is 20.2 Å². The third kappa shape index (κ3) is 8.93. The first-order valence-electron chi connectivity index (χ1n) is 13.4. The van der Waals surface area contributed by atoms with Crippen molar-refractivity contribution in [2.75, 3.05) is 6.61 Å². The molecule has 0 bridgehead atoms. The monoisotopic (exact) mass is 629 g/mol. The van der Waals surface area contributed by atoms with Crippen LogP contribution in [0.5, 0.6) is 0 Å². The Labute approximate surface area is 252 Å². The quantitative estimate of drug-likeness (QED) is 0.155. The standard InChI is InChI=1S/C27H36FN5O9.ClH/c1-4-13(2)19(31-22(36)14(3)30-24(38)17(29)10-15-8-6-5-7-9-15)26(39)41-12-18-20(34)21(35)25(42-18)33-11-16(28)23(37)32-27(33)40;/h5-9,11,13-14,17-21,25,34-35H,4,10,12,29H2,1-3H3,(H,30,38)(H,31,36)(H,32,37,40);1H/t13-,14-,17-,18-,19-,20?,21?,25-;/m0./s1. The van der Waals surface area contributed by atoms with E-state index >= 15 is 0 Å². The number of benzene rings is 1. The van der Waals surface area contributed by atoms with E-state index in [2.05, 4.69) is 10.6 Å². The molecule has 1 saturated heterocycles. The lowest BCUT2D eigenvalue weighted by Crippen LogP contribution is -2.55. The number of H-pyrrole nitrogens is 1. The molecule has 238 valence electrons. The molecule has 1 aromatic carbocycles. The van der Waals surface area contributed by atoms with E-state index in [0.717, 1.165) is 5.56 Å². The number of aliphatic hydroxyl groups excluding tert-OH is 2. The summed E-state index contributed by atoms with van der Waals surface area (Å²) in [6.45, 7) is 4.34. The van der Waals surface area contributed by atoms with E-state index in [1.165, 1.54) is 6.92 Å². The van der Waals surface area contributed by atoms with Crippen LogP contribution in [0.1, 0.15) is 39.0 Å². The highest BCUT2D eigenvalue weighted by molar-refractivity contribution is 5.91. The second kappa shape index (κ2) is 15.7. The zero-order valence-corrected chi connectivity index (χ0v) is 24.6. The predicted octanol–water partition coefficient (Wildman–Crippen LogP) is -1.13. The first-order valence-corrected chi connectivity index (χ1v) is 13.4. The summed E-state index contributed by atoms with van der Waals surface area (Å²) in [6, 6.07) is 6.04. The minimum Gasteiger partial charge on any atom is -0.461 e. The van der Waals surface area contributed by atoms with Gasteiger partial charge >= 0.3 is 11.7 Å². The third-order valence-corrected chi connectivity index (χ3v) is 7.08. The van der Waals surface area contributed by atoms with Crippen LogP contribution in [0, 0.1) is 11.7 Å². The van der Waals surface area contributed by atoms with Gasteiger partial charge in [-0.3, -0.25) is 23.9 Å². The number of aliphatic hydroxyl groups is 2. The molecule has 0 radical (unpaired) electrons. The van der Waals surface area contributed by atoms with Crippen LogP contribution >= 0.6 is 12.4 Å². The molecule has 0 spiro atoms. The molecular formula is C27H37ClFN5O9. The Bertz CT molecular complexity index is 1370. The molecule has 1 aliphatic heterocycles. The number of aromatic amines is 1. The molecule has 7 N–H and O–H groups in total. The van der Waals surface area contributed by atoms with Crippen molar-refractivity contribution in [2.45, 2.75) is 76.3 Å². The number of halogens is 2. The molecule has 8 atom stereocenters. The molecule has 3 rings (SSSR count). The predicted molar refractivity (Wildman–Crippen MR) is 153 cm³/mol. The Morgan fingerprint density at radius 2 is 1.77 bits per heavy atom. The fraction of sp³-hybridized carbons (Fsp3) is 0.519. The van der Waals surface area contributed by atoms with E-state index in [9.17, 15) is 38.6 Å². The molecular weight excluding hydrogens is 593 g/mol. The SMILES string of the molecule is CC[C@H](C)[C@H](NC(=O)[C@H](C)NC(=O)[C@@H](N)Cc1ccccc1)C(=O)OC[C@@H]1O[C@H](n2cc(F)c(=O)[nH]c2=O)C(O)C1O.Cl. The first kappa shape index (κ1) is 35.6. The van der Waals surface area contributed by atoms with Crippen LogP contribution in [0.15, 0.2) is 46.1 Å². The van der Waals surface area contributed by atoms with Gasteiger partial charge in [0.1, 0.15) is 37.0 Å². The molecule has 1 aliphatic rings. The average Bonchev–Trinajstić information content (AvgIpc) is 3.24. The number of esters is 1. The fourth-order valence-electron chi connectivity index (χ4n) is 4.29. The van der Waals surface area contributed by atoms with Crippen molar-refractivity contribution in [3.63, 3.8) is 0 Å². The van der Waals surface area contributed by atoms with E-state index in [-0.39, 0.29) is 18.8 Å². The molecule has 1 aromatic heterocycles. The molecule has 14 nitrogen and oxygen atoms in total. The summed E-state index contributed by atoms with van der Waals surface area (Å²) in [4.78, 5) is 63.5. The lowest BCUT2D eigenvalue weighted by atomic mass is 9.98. The number of rotatable bonds is 12. The highest BCUT2D eigenvalue weighted by Gasteiger charge is 2.45. The van der Waals surface area contributed by atoms with E-state index in [0.29, 0.717) is 17.2 Å². The van der Waals surface area contributed by atoms with Gasteiger partial charge in [-0.2, -0.15) is 4.39 Å². The van der Waals surface area contributed by atoms with Crippen molar-refractivity contribution in [1.29, 1.82) is 0 Å². The van der Waals surface area contributed by atoms with E-state index in [1.807, 2.05) is 30.3 Å². The van der Waals surface area contributed by atoms with Crippen LogP contribution in [-0.4, -0.2) is 80.6 Å². The summed E-state index contributed by atoms with van der Waals surface area (Å²) >= 11 is 0. The number of hydrogen-bond donors (Lipinski definition) is 6. The Kier molecular flexibility index (Phi) is 13.0. The zero-order chi connectivity index (χ0) is 31.1. The molecule has 2 heterocycles. The van der Waals surface area contributed by atoms with Crippen LogP contribution in [0.25, 0.3) is 0 Å². The number of amides is 2. The van der Waals surface area contributed by atoms with Gasteiger partial charge in [-0.05, 0) is 24.8 Å². The zero-order valence-electron chi connectivity index (χ0n) is 23.8. The number of ether oxygens (including phenoxy) is 2. The maximum atomic E-state index is 13.7. The number of nitrogens with zero attached hydrogens (tertiary/aromatic N) is 1. The van der Waals surface area contributed by atoms with Gasteiger partial charge in [0.25, 0.3) is 5.56 Å². The lowest BCUT2D eigenvalue weighted by Gasteiger charge is -2.26. The minimum atomic E-state index is -1.72. The Morgan fingerprint density at radius 3 is 2.40 bits per heavy atom. The van der Waals surface area contributed by atoms with Crippen LogP contribution in [-0.2, 0) is 30.3 Å². The van der Waals surface area contributed by atoms with E-state index in [1.54, 1.807) is 18.8 Å². The van der Waals surface area contributed by atoms with Crippen molar-refractivity contribution in [2.24, 2.45) is 11.7 Å². The maximum Gasteiger partial charge on any atom is 0.330 e. The van der Waals surface area contributed by atoms with Crippen LogP contribution < -0.4 is 27.6 Å². The fourth-order valence-corrected chi connectivity index (χ4v) is 4.29. The maximum absolute atomic E-state index is 13.7. The van der Waals surface area contributed by atoms with Gasteiger partial charge in [-0.25, -0.2) is 9.59 Å². The summed E-state index contributed by atoms with van der Waals surface area (Å²) in [7, 11) is 0. The van der Waals surface area contributed by atoms with Gasteiger partial charge < -0.3 is 36.1 Å². The van der Waals surface area contributed by atoms with Crippen molar-refractivity contribution < 1.29 is 38.5 Å². The van der Waals surface area contributed by atoms with E-state index in [4.69, 9.17) is 15.2 Å². The number of aromatic nitrogens is 2. The van der Waals surface area contributed by atoms with Crippen LogP contribution in [0.4, 0.5) is 4.39 Å². The van der Waals surface area contributed by atoms with E-state index < -0.39 is 90.0 Å². The number of nitrogens with two attached hydrogens (primary N) is 1. The lowest BCUT2D eigenvalue weighted by molar-refractivity contribution is -0.155. The highest BCUT2D eigenvalue weighted by atomic mass is 35.5. The summed E-state index contributed by atoms with van der Waals surface area (Å²) in [5.41, 5.74) is 4.48. The Hall–Kier alpha value is -3.63. The number of hydrogen-bond acceptors (Lipinski definition) is 10. The molecule has 43 heavy (non-hydrogen) atoms. The smallest absolute Gasteiger partial charge is 0.330 e. The van der Waals surface area contributed by atoms with Crippen molar-refractivity contribution in [3.05, 3.63) is 68.7 Å². The van der Waals surface area contributed by atoms with Crippen LogP contribution in [0.2, 0.25) is 0 Å². The Morgan fingerprint density at radius 1 is 1.12 bits per heavy atom. The number of nitrogens with one attached hydrogen (secondary N) is 3. The second-order valence-electron chi connectivity index (χ2n) is 10.2. The number of carbonyl (C=O) groups is 3. The topological polar surface area (TPSA) is 215 Å². The molecule has 16 heteroatoms. The molecule has 0 saturated carbocycles. The minimum absolute atomic E-state index is 0. The Balaban J connectivity index is 0.00000645. The highest BCUT2D eigenvalue weighted by Crippen LogP contribution is 2.28. The van der Waals surface area contributed by atoms with Gasteiger partial charge in [0.15, 0.2) is 6.23 Å². The molecule has 2 amide bonds. The summed E-state index contributed by atoms with van der Waals surface area (Å²) in [5, 5.41) is 25.8. The largest absolute Gasteiger partial charge is 0.461 e. The van der Waals surface area contributed by atoms with Gasteiger partial charge in [-0.1, -0.05) is 50.6 Å². The van der Waals surface area contributed by atoms with Crippen molar-refractivity contribution >= 4 is 30.2 Å². The average molecular weight is 630 g/mol. The van der Waals surface area contributed by atoms with Gasteiger partial charge in [0, 0.05) is 0 Å². The molecule has 2 aromatic rings. The number of carbonyl (C=O) groups excluding carboxylic acids is 3. The summed E-state index contributed by atoms with van der Waals surface area (Å²) in [5.74, 6) is -3.81. The normalized spacial score (nSPS) is 22.4. The van der Waals surface area contributed by atoms with Gasteiger partial charge in [-0.15, -0.1) is 12.4 Å². The molecule has 2 unspecified atom stereocenters. The first-order chi connectivity index (χ1) is 19.8. The summed E-state index contributed by atoms with van der Waals surface area (Å²) < 4.78 is 25.0.